The highest BCUT2D eigenvalue weighted by Crippen LogP contribution is 2.28. The number of benzene rings is 1. The third-order valence-electron chi connectivity index (χ3n) is 5.34. The van der Waals surface area contributed by atoms with Crippen molar-refractivity contribution in [1.82, 2.24) is 34.0 Å². The molecule has 0 unspecified atom stereocenters. The van der Waals surface area contributed by atoms with Crippen LogP contribution in [-0.4, -0.2) is 64.2 Å². The molecule has 4 aromatic rings. The van der Waals surface area contributed by atoms with Crippen LogP contribution in [0.25, 0.3) is 22.2 Å². The summed E-state index contributed by atoms with van der Waals surface area (Å²) >= 11 is 0. The molecule has 1 fully saturated rings. The summed E-state index contributed by atoms with van der Waals surface area (Å²) in [4.78, 5) is 31.3. The van der Waals surface area contributed by atoms with Gasteiger partial charge in [-0.2, -0.15) is 9.97 Å². The number of carbonyl (C=O) groups excluding carboxylic acids is 1. The number of nitrogens with zero attached hydrogens (tertiary/aromatic N) is 7. The number of likely N-dealkylation sites (tertiary alicyclic amines) is 1. The number of aliphatic hydroxyl groups excluding tert-OH is 1. The van der Waals surface area contributed by atoms with Crippen LogP contribution in [-0.2, 0) is 7.05 Å². The number of nitrogen functional groups attached to an aromatic ring is 2. The summed E-state index contributed by atoms with van der Waals surface area (Å²) in [5, 5.41) is 10.6. The Labute approximate surface area is 164 Å². The van der Waals surface area contributed by atoms with E-state index in [9.17, 15) is 9.90 Å². The molecule has 0 saturated carbocycles. The van der Waals surface area contributed by atoms with E-state index in [1.54, 1.807) is 27.9 Å². The Morgan fingerprint density at radius 3 is 2.83 bits per heavy atom. The molecule has 11 heteroatoms. The molecule has 4 heterocycles. The Hall–Kier alpha value is -3.73. The predicted octanol–water partition coefficient (Wildman–Crippen LogP) is -0.0646. The number of rotatable bonds is 2. The van der Waals surface area contributed by atoms with Crippen molar-refractivity contribution in [3.8, 4) is 0 Å². The molecule has 148 valence electrons. The molecule has 0 spiro atoms. The number of hydrogen-bond donors (Lipinski definition) is 3. The summed E-state index contributed by atoms with van der Waals surface area (Å²) in [6.45, 7) is 0.495. The van der Waals surface area contributed by atoms with E-state index in [2.05, 4.69) is 19.9 Å². The lowest BCUT2D eigenvalue weighted by Crippen LogP contribution is -2.29. The summed E-state index contributed by atoms with van der Waals surface area (Å²) in [7, 11) is 1.90. The fourth-order valence-electron chi connectivity index (χ4n) is 3.86. The third kappa shape index (κ3) is 2.66. The van der Waals surface area contributed by atoms with Crippen LogP contribution in [0.3, 0.4) is 0 Å². The number of imidazole rings is 2. The van der Waals surface area contributed by atoms with Gasteiger partial charge in [0.25, 0.3) is 5.91 Å². The second-order valence-electron chi connectivity index (χ2n) is 7.19. The third-order valence-corrected chi connectivity index (χ3v) is 5.34. The number of aryl methyl sites for hydroxylation is 1. The highest BCUT2D eigenvalue weighted by atomic mass is 16.3. The van der Waals surface area contributed by atoms with Gasteiger partial charge in [0.05, 0.1) is 35.8 Å². The van der Waals surface area contributed by atoms with Crippen LogP contribution in [0.1, 0.15) is 16.4 Å². The maximum absolute atomic E-state index is 13.0. The Balaban J connectivity index is 1.45. The van der Waals surface area contributed by atoms with Crippen LogP contribution in [0.5, 0.6) is 0 Å². The van der Waals surface area contributed by atoms with Crippen molar-refractivity contribution < 1.29 is 9.90 Å². The van der Waals surface area contributed by atoms with Crippen molar-refractivity contribution in [2.45, 2.75) is 12.1 Å². The number of fused-ring (bicyclic) bond motifs is 2. The van der Waals surface area contributed by atoms with Crippen LogP contribution < -0.4 is 11.5 Å². The monoisotopic (exact) mass is 393 g/mol. The van der Waals surface area contributed by atoms with Gasteiger partial charge in [-0.3, -0.25) is 4.79 Å². The highest BCUT2D eigenvalue weighted by Gasteiger charge is 2.36. The zero-order chi connectivity index (χ0) is 20.3. The van der Waals surface area contributed by atoms with E-state index in [1.165, 1.54) is 6.33 Å². The van der Waals surface area contributed by atoms with Gasteiger partial charge in [0, 0.05) is 25.7 Å². The van der Waals surface area contributed by atoms with Crippen LogP contribution in [0.15, 0.2) is 30.9 Å². The van der Waals surface area contributed by atoms with Gasteiger partial charge in [-0.1, -0.05) is 0 Å². The fourth-order valence-corrected chi connectivity index (χ4v) is 3.86. The molecule has 1 saturated heterocycles. The molecule has 2 atom stereocenters. The zero-order valence-corrected chi connectivity index (χ0v) is 15.6. The van der Waals surface area contributed by atoms with E-state index >= 15 is 0 Å². The van der Waals surface area contributed by atoms with Gasteiger partial charge in [-0.05, 0) is 18.2 Å². The standard InChI is InChI=1S/C18H19N9O2/c1-25-7-21-10-4-9(2-3-11(10)25)17(29)26-5-12(13(28)6-26)27-8-22-14-15(19)23-18(20)24-16(14)27/h2-4,7-8,12-13,28H,5-6H2,1H3,(H4,19,20,23,24)/t12-,13-/m0/s1. The number of hydrogen-bond acceptors (Lipinski definition) is 8. The Bertz CT molecular complexity index is 1260. The van der Waals surface area contributed by atoms with E-state index in [4.69, 9.17) is 11.5 Å². The zero-order valence-electron chi connectivity index (χ0n) is 15.6. The minimum absolute atomic E-state index is 0.0285. The predicted molar refractivity (Wildman–Crippen MR) is 106 cm³/mol. The first-order chi connectivity index (χ1) is 13.9. The molecule has 0 aliphatic carbocycles. The second-order valence-corrected chi connectivity index (χ2v) is 7.19. The van der Waals surface area contributed by atoms with Crippen LogP contribution in [0.2, 0.25) is 0 Å². The summed E-state index contributed by atoms with van der Waals surface area (Å²) in [6, 6.07) is 4.98. The molecule has 1 aromatic carbocycles. The summed E-state index contributed by atoms with van der Waals surface area (Å²) in [5.74, 6) is 0.0355. The molecule has 1 aliphatic rings. The second kappa shape index (κ2) is 6.14. The first-order valence-corrected chi connectivity index (χ1v) is 9.06. The molecule has 1 amide bonds. The van der Waals surface area contributed by atoms with E-state index in [0.717, 1.165) is 11.0 Å². The molecule has 11 nitrogen and oxygen atoms in total. The molecule has 3 aromatic heterocycles. The maximum atomic E-state index is 13.0. The number of aliphatic hydroxyl groups is 1. The van der Waals surface area contributed by atoms with Crippen molar-refractivity contribution in [2.24, 2.45) is 7.05 Å². The van der Waals surface area contributed by atoms with Crippen molar-refractivity contribution in [1.29, 1.82) is 0 Å². The number of β-amino-alcohol motifs (C(OH)–C–C–N with tert-alkyl or cyclic N) is 1. The lowest BCUT2D eigenvalue weighted by molar-refractivity contribution is 0.0765. The van der Waals surface area contributed by atoms with Crippen LogP contribution in [0, 0.1) is 0 Å². The smallest absolute Gasteiger partial charge is 0.254 e. The molecular weight excluding hydrogens is 374 g/mol. The largest absolute Gasteiger partial charge is 0.389 e. The molecule has 29 heavy (non-hydrogen) atoms. The van der Waals surface area contributed by atoms with E-state index in [1.807, 2.05) is 17.7 Å². The van der Waals surface area contributed by atoms with Crippen molar-refractivity contribution in [3.63, 3.8) is 0 Å². The quantitative estimate of drug-likeness (QED) is 0.428. The average Bonchev–Trinajstić information content (AvgIpc) is 3.38. The SMILES string of the molecule is Cn1cnc2cc(C(=O)N3C[C@H](O)[C@@H](n4cnc5c(N)nc(N)nc54)C3)ccc21. The van der Waals surface area contributed by atoms with Crippen molar-refractivity contribution in [3.05, 3.63) is 36.4 Å². The van der Waals surface area contributed by atoms with Gasteiger partial charge in [-0.25, -0.2) is 9.97 Å². The van der Waals surface area contributed by atoms with Crippen LogP contribution in [0.4, 0.5) is 11.8 Å². The maximum Gasteiger partial charge on any atom is 0.254 e. The van der Waals surface area contributed by atoms with Gasteiger partial charge >= 0.3 is 0 Å². The Kier molecular flexibility index (Phi) is 3.68. The summed E-state index contributed by atoms with van der Waals surface area (Å²) in [6.07, 6.45) is 2.46. The molecule has 1 aliphatic heterocycles. The highest BCUT2D eigenvalue weighted by molar-refractivity contribution is 5.97. The lowest BCUT2D eigenvalue weighted by Gasteiger charge is -2.17. The van der Waals surface area contributed by atoms with E-state index < -0.39 is 12.1 Å². The number of nitrogens with two attached hydrogens (primary N) is 2. The first-order valence-electron chi connectivity index (χ1n) is 9.06. The fraction of sp³-hybridized carbons (Fsp3) is 0.278. The number of carbonyl (C=O) groups is 1. The van der Waals surface area contributed by atoms with Crippen LogP contribution >= 0.6 is 0 Å². The van der Waals surface area contributed by atoms with Crippen molar-refractivity contribution >= 4 is 39.9 Å². The Morgan fingerprint density at radius 1 is 1.17 bits per heavy atom. The molecule has 5 N–H and O–H groups in total. The van der Waals surface area contributed by atoms with Gasteiger partial charge in [0.15, 0.2) is 11.5 Å². The minimum Gasteiger partial charge on any atom is -0.389 e. The summed E-state index contributed by atoms with van der Waals surface area (Å²) < 4.78 is 3.59. The number of anilines is 2. The van der Waals surface area contributed by atoms with E-state index in [0.29, 0.717) is 23.3 Å². The van der Waals surface area contributed by atoms with Crippen molar-refractivity contribution in [2.75, 3.05) is 24.6 Å². The topological polar surface area (TPSA) is 154 Å². The number of amides is 1. The lowest BCUT2D eigenvalue weighted by atomic mass is 10.1. The van der Waals surface area contributed by atoms with E-state index in [-0.39, 0.29) is 24.2 Å². The normalized spacial score (nSPS) is 19.4. The molecule has 5 rings (SSSR count). The average molecular weight is 393 g/mol. The van der Waals surface area contributed by atoms with Gasteiger partial charge in [0.2, 0.25) is 5.95 Å². The molecular formula is C18H19N9O2. The summed E-state index contributed by atoms with van der Waals surface area (Å²) in [5.41, 5.74) is 14.6. The van der Waals surface area contributed by atoms with Gasteiger partial charge in [-0.15, -0.1) is 0 Å². The molecule has 0 radical (unpaired) electrons. The van der Waals surface area contributed by atoms with Gasteiger partial charge < -0.3 is 30.6 Å². The first kappa shape index (κ1) is 17.4. The molecule has 0 bridgehead atoms. The minimum atomic E-state index is -0.785. The number of aromatic nitrogens is 6. The Morgan fingerprint density at radius 2 is 2.00 bits per heavy atom. The van der Waals surface area contributed by atoms with Gasteiger partial charge in [0.1, 0.15) is 5.52 Å².